The van der Waals surface area contributed by atoms with E-state index < -0.39 is 0 Å². The maximum atomic E-state index is 6.57. The number of nitrogens with zero attached hydrogens (tertiary/aromatic N) is 4. The van der Waals surface area contributed by atoms with E-state index in [4.69, 9.17) is 19.4 Å². The second-order valence-electron chi connectivity index (χ2n) is 11.2. The molecule has 0 N–H and O–H groups in total. The van der Waals surface area contributed by atoms with Gasteiger partial charge in [-0.2, -0.15) is 0 Å². The zero-order chi connectivity index (χ0) is 28.8. The van der Waals surface area contributed by atoms with E-state index in [1.165, 1.54) is 38.1 Å². The summed E-state index contributed by atoms with van der Waals surface area (Å²) >= 11 is 0. The highest BCUT2D eigenvalue weighted by atomic mass is 16.3. The molecule has 0 aliphatic rings. The minimum atomic E-state index is 0.626. The Labute approximate surface area is 251 Å². The second kappa shape index (κ2) is 8.72. The van der Waals surface area contributed by atoms with Gasteiger partial charge in [-0.3, -0.25) is 0 Å². The van der Waals surface area contributed by atoms with E-state index in [2.05, 4.69) is 65.1 Å². The molecule has 5 heteroatoms. The summed E-state index contributed by atoms with van der Waals surface area (Å²) < 4.78 is 8.98. The number of para-hydroxylation sites is 2. The summed E-state index contributed by atoms with van der Waals surface area (Å²) in [5.74, 6) is 1.91. The van der Waals surface area contributed by atoms with Gasteiger partial charge in [0.1, 0.15) is 11.2 Å². The third-order valence-electron chi connectivity index (χ3n) is 8.76. The molecule has 0 aliphatic heterocycles. The van der Waals surface area contributed by atoms with Crippen LogP contribution in [0.15, 0.2) is 138 Å². The van der Waals surface area contributed by atoms with Gasteiger partial charge in [0.15, 0.2) is 17.5 Å². The molecule has 6 aromatic carbocycles. The van der Waals surface area contributed by atoms with E-state index in [1.807, 2.05) is 72.8 Å². The lowest BCUT2D eigenvalue weighted by molar-refractivity contribution is 0.669. The number of benzene rings is 6. The van der Waals surface area contributed by atoms with Crippen molar-refractivity contribution < 1.29 is 4.42 Å². The average molecular weight is 563 g/mol. The van der Waals surface area contributed by atoms with Crippen molar-refractivity contribution in [1.29, 1.82) is 0 Å². The first kappa shape index (κ1) is 23.5. The summed E-state index contributed by atoms with van der Waals surface area (Å²) in [7, 11) is 0. The molecule has 204 valence electrons. The van der Waals surface area contributed by atoms with E-state index in [1.54, 1.807) is 0 Å². The summed E-state index contributed by atoms with van der Waals surface area (Å²) in [6.45, 7) is 0. The standard InChI is InChI=1S/C39H22N4O/c1-3-11-23(12-4-1)37-40-38(24-13-5-2-6-14-24)42-39(41-37)25-19-20-32-29(21-25)34-33(44-32)22-28-26-15-7-9-17-30(26)43-31-18-10-8-16-27(31)35(34)36(28)43/h1-22H. The van der Waals surface area contributed by atoms with Crippen LogP contribution in [0.1, 0.15) is 0 Å². The molecule has 10 rings (SSSR count). The highest BCUT2D eigenvalue weighted by molar-refractivity contribution is 6.34. The quantitative estimate of drug-likeness (QED) is 0.215. The third-order valence-corrected chi connectivity index (χ3v) is 8.76. The first-order valence-electron chi connectivity index (χ1n) is 14.7. The predicted molar refractivity (Wildman–Crippen MR) is 178 cm³/mol. The Morgan fingerprint density at radius 1 is 0.409 bits per heavy atom. The summed E-state index contributed by atoms with van der Waals surface area (Å²) in [4.78, 5) is 14.8. The Kier molecular flexibility index (Phi) is 4.66. The Balaban J connectivity index is 1.29. The summed E-state index contributed by atoms with van der Waals surface area (Å²) in [6, 6.07) is 45.9. The Bertz CT molecular complexity index is 2650. The van der Waals surface area contributed by atoms with Crippen LogP contribution in [-0.2, 0) is 0 Å². The van der Waals surface area contributed by atoms with Crippen molar-refractivity contribution >= 4 is 60.0 Å². The zero-order valence-corrected chi connectivity index (χ0v) is 23.4. The van der Waals surface area contributed by atoms with Crippen molar-refractivity contribution in [2.45, 2.75) is 0 Å². The fourth-order valence-electron chi connectivity index (χ4n) is 6.85. The fourth-order valence-corrected chi connectivity index (χ4v) is 6.85. The van der Waals surface area contributed by atoms with Crippen molar-refractivity contribution in [3.63, 3.8) is 0 Å². The first-order chi connectivity index (χ1) is 21.8. The van der Waals surface area contributed by atoms with Gasteiger partial charge in [0.25, 0.3) is 0 Å². The van der Waals surface area contributed by atoms with E-state index >= 15 is 0 Å². The molecule has 0 unspecified atom stereocenters. The maximum Gasteiger partial charge on any atom is 0.164 e. The monoisotopic (exact) mass is 562 g/mol. The highest BCUT2D eigenvalue weighted by Gasteiger charge is 2.23. The molecule has 44 heavy (non-hydrogen) atoms. The lowest BCUT2D eigenvalue weighted by Gasteiger charge is -2.08. The van der Waals surface area contributed by atoms with Gasteiger partial charge in [-0.1, -0.05) is 97.1 Å². The van der Waals surface area contributed by atoms with E-state index in [-0.39, 0.29) is 0 Å². The van der Waals surface area contributed by atoms with Crippen molar-refractivity contribution in [2.24, 2.45) is 0 Å². The smallest absolute Gasteiger partial charge is 0.164 e. The number of aromatic nitrogens is 4. The molecule has 0 fully saturated rings. The van der Waals surface area contributed by atoms with Crippen LogP contribution in [0.4, 0.5) is 0 Å². The van der Waals surface area contributed by atoms with E-state index in [0.717, 1.165) is 38.6 Å². The van der Waals surface area contributed by atoms with Gasteiger partial charge in [-0.15, -0.1) is 0 Å². The van der Waals surface area contributed by atoms with Gasteiger partial charge in [0.05, 0.1) is 16.6 Å². The Morgan fingerprint density at radius 2 is 0.977 bits per heavy atom. The van der Waals surface area contributed by atoms with E-state index in [9.17, 15) is 0 Å². The number of hydrogen-bond acceptors (Lipinski definition) is 4. The minimum absolute atomic E-state index is 0.626. The number of rotatable bonds is 3. The summed E-state index contributed by atoms with van der Waals surface area (Å²) in [5, 5.41) is 7.03. The summed E-state index contributed by atoms with van der Waals surface area (Å²) in [5.41, 5.74) is 8.16. The van der Waals surface area contributed by atoms with Crippen LogP contribution < -0.4 is 0 Å². The molecule has 0 spiro atoms. The molecule has 0 aliphatic carbocycles. The maximum absolute atomic E-state index is 6.57. The van der Waals surface area contributed by atoms with Crippen LogP contribution in [0.25, 0.3) is 94.2 Å². The van der Waals surface area contributed by atoms with Gasteiger partial charge in [-0.05, 0) is 36.4 Å². The molecule has 0 saturated heterocycles. The number of fused-ring (bicyclic) bond motifs is 10. The topological polar surface area (TPSA) is 56.2 Å². The van der Waals surface area contributed by atoms with Crippen LogP contribution in [0.2, 0.25) is 0 Å². The summed E-state index contributed by atoms with van der Waals surface area (Å²) in [6.07, 6.45) is 0. The van der Waals surface area contributed by atoms with Crippen LogP contribution in [0, 0.1) is 0 Å². The lowest BCUT2D eigenvalue weighted by Crippen LogP contribution is -2.00. The number of furan rings is 1. The molecule has 10 aromatic rings. The van der Waals surface area contributed by atoms with Gasteiger partial charge >= 0.3 is 0 Å². The zero-order valence-electron chi connectivity index (χ0n) is 23.4. The first-order valence-corrected chi connectivity index (χ1v) is 14.7. The van der Waals surface area contributed by atoms with Crippen LogP contribution >= 0.6 is 0 Å². The third kappa shape index (κ3) is 3.21. The molecule has 4 heterocycles. The van der Waals surface area contributed by atoms with Crippen LogP contribution in [0.3, 0.4) is 0 Å². The van der Waals surface area contributed by atoms with Gasteiger partial charge in [-0.25, -0.2) is 15.0 Å². The van der Waals surface area contributed by atoms with Gasteiger partial charge in [0.2, 0.25) is 0 Å². The minimum Gasteiger partial charge on any atom is -0.456 e. The van der Waals surface area contributed by atoms with Crippen LogP contribution in [-0.4, -0.2) is 19.4 Å². The molecule has 0 saturated carbocycles. The van der Waals surface area contributed by atoms with Crippen molar-refractivity contribution in [1.82, 2.24) is 19.4 Å². The molecule has 0 amide bonds. The SMILES string of the molecule is c1ccc(-c2nc(-c3ccccc3)nc(-c3ccc4oc5cc6c7ccccc7n7c8ccccc8c(c5c4c3)c67)n2)cc1. The number of hydrogen-bond donors (Lipinski definition) is 0. The normalized spacial score (nSPS) is 12.1. The predicted octanol–water partition coefficient (Wildman–Crippen LogP) is 9.92. The second-order valence-corrected chi connectivity index (χ2v) is 11.2. The molecular weight excluding hydrogens is 540 g/mol. The molecule has 4 aromatic heterocycles. The fraction of sp³-hybridized carbons (Fsp3) is 0. The lowest BCUT2D eigenvalue weighted by atomic mass is 10.0. The van der Waals surface area contributed by atoms with Gasteiger partial charge < -0.3 is 8.82 Å². The average Bonchev–Trinajstić information content (AvgIpc) is 3.74. The van der Waals surface area contributed by atoms with E-state index in [0.29, 0.717) is 17.5 Å². The molecule has 5 nitrogen and oxygen atoms in total. The Morgan fingerprint density at radius 3 is 1.66 bits per heavy atom. The molecule has 0 atom stereocenters. The largest absolute Gasteiger partial charge is 0.456 e. The van der Waals surface area contributed by atoms with Crippen LogP contribution in [0.5, 0.6) is 0 Å². The van der Waals surface area contributed by atoms with Crippen molar-refractivity contribution in [3.05, 3.63) is 133 Å². The van der Waals surface area contributed by atoms with Gasteiger partial charge in [0, 0.05) is 49.0 Å². The van der Waals surface area contributed by atoms with Crippen molar-refractivity contribution in [2.75, 3.05) is 0 Å². The highest BCUT2D eigenvalue weighted by Crippen LogP contribution is 2.46. The molecule has 0 radical (unpaired) electrons. The Hall–Kier alpha value is -6.07. The molecular formula is C39H22N4O. The molecule has 0 bridgehead atoms. The van der Waals surface area contributed by atoms with Crippen molar-refractivity contribution in [3.8, 4) is 34.2 Å².